The summed E-state index contributed by atoms with van der Waals surface area (Å²) in [4.78, 5) is 36.1. The average molecular weight is 333 g/mol. The van der Waals surface area contributed by atoms with E-state index in [1.807, 2.05) is 0 Å². The molecule has 3 rings (SSSR count). The molecule has 1 saturated carbocycles. The van der Waals surface area contributed by atoms with Gasteiger partial charge in [0.05, 0.1) is 16.9 Å². The number of nitro groups is 1. The second-order valence-electron chi connectivity index (χ2n) is 6.45. The van der Waals surface area contributed by atoms with Crippen molar-refractivity contribution in [3.05, 3.63) is 34.4 Å². The molecular weight excluding hydrogens is 314 g/mol. The van der Waals surface area contributed by atoms with E-state index in [9.17, 15) is 24.8 Å². The fraction of sp³-hybridized carbons (Fsp3) is 0.500. The number of rotatable bonds is 5. The summed E-state index contributed by atoms with van der Waals surface area (Å²) in [6, 6.07) is 6.12. The van der Waals surface area contributed by atoms with Gasteiger partial charge < -0.3 is 15.3 Å². The molecule has 0 spiro atoms. The highest BCUT2D eigenvalue weighted by Gasteiger charge is 2.55. The van der Waals surface area contributed by atoms with Gasteiger partial charge in [0.2, 0.25) is 5.91 Å². The number of carboxylic acid groups (broad SMARTS) is 1. The SMILES string of the molecule is O=C(CNc1ccccc1[N+](=O)[O-])N1C[C@@H]2CCC[C@@]2(C(=O)O)C1. The first-order valence-electron chi connectivity index (χ1n) is 7.92. The Morgan fingerprint density at radius 2 is 2.17 bits per heavy atom. The monoisotopic (exact) mass is 333 g/mol. The lowest BCUT2D eigenvalue weighted by molar-refractivity contribution is -0.383. The maximum absolute atomic E-state index is 12.4. The summed E-state index contributed by atoms with van der Waals surface area (Å²) in [5.74, 6) is -1.06. The summed E-state index contributed by atoms with van der Waals surface area (Å²) in [7, 11) is 0. The number of fused-ring (bicyclic) bond motifs is 1. The van der Waals surface area contributed by atoms with Crippen LogP contribution in [-0.4, -0.2) is 46.4 Å². The lowest BCUT2D eigenvalue weighted by atomic mass is 9.81. The van der Waals surface area contributed by atoms with Gasteiger partial charge in [-0.15, -0.1) is 0 Å². The molecule has 128 valence electrons. The summed E-state index contributed by atoms with van der Waals surface area (Å²) in [5.41, 5.74) is -0.622. The standard InChI is InChI=1S/C16H19N3O5/c20-14(8-17-12-5-1-2-6-13(12)19(23)24)18-9-11-4-3-7-16(11,10-18)15(21)22/h1-2,5-6,11,17H,3-4,7-10H2,(H,21,22)/t11-,16+/m0/s1. The molecule has 2 atom stereocenters. The summed E-state index contributed by atoms with van der Waals surface area (Å²) in [5, 5.41) is 23.3. The highest BCUT2D eigenvalue weighted by atomic mass is 16.6. The number of aliphatic carboxylic acids is 1. The third-order valence-corrected chi connectivity index (χ3v) is 5.18. The summed E-state index contributed by atoms with van der Waals surface area (Å²) >= 11 is 0. The minimum absolute atomic E-state index is 0.00464. The minimum atomic E-state index is -0.827. The number of amides is 1. The third kappa shape index (κ3) is 2.68. The molecule has 0 aromatic heterocycles. The van der Waals surface area contributed by atoms with Crippen molar-refractivity contribution in [1.29, 1.82) is 0 Å². The van der Waals surface area contributed by atoms with Crippen LogP contribution < -0.4 is 5.32 Å². The number of para-hydroxylation sites is 2. The van der Waals surface area contributed by atoms with Crippen LogP contribution in [0, 0.1) is 21.4 Å². The predicted octanol–water partition coefficient (Wildman–Crippen LogP) is 1.72. The molecule has 1 aromatic carbocycles. The number of anilines is 1. The number of carboxylic acids is 1. The molecule has 0 bridgehead atoms. The van der Waals surface area contributed by atoms with E-state index in [-0.39, 0.29) is 36.3 Å². The van der Waals surface area contributed by atoms with Gasteiger partial charge in [0.1, 0.15) is 5.69 Å². The maximum Gasteiger partial charge on any atom is 0.311 e. The van der Waals surface area contributed by atoms with E-state index in [4.69, 9.17) is 0 Å². The van der Waals surface area contributed by atoms with E-state index < -0.39 is 16.3 Å². The second-order valence-corrected chi connectivity index (χ2v) is 6.45. The minimum Gasteiger partial charge on any atom is -0.481 e. The number of hydrogen-bond donors (Lipinski definition) is 2. The van der Waals surface area contributed by atoms with Crippen LogP contribution in [0.2, 0.25) is 0 Å². The van der Waals surface area contributed by atoms with E-state index in [1.54, 1.807) is 23.1 Å². The molecule has 0 radical (unpaired) electrons. The largest absolute Gasteiger partial charge is 0.481 e. The number of hydrogen-bond acceptors (Lipinski definition) is 5. The highest BCUT2D eigenvalue weighted by molar-refractivity contribution is 5.84. The number of benzene rings is 1. The maximum atomic E-state index is 12.4. The second kappa shape index (κ2) is 6.10. The molecule has 8 heteroatoms. The van der Waals surface area contributed by atoms with Crippen LogP contribution in [-0.2, 0) is 9.59 Å². The number of carbonyl (C=O) groups is 2. The van der Waals surface area contributed by atoms with Crippen molar-refractivity contribution in [3.63, 3.8) is 0 Å². The van der Waals surface area contributed by atoms with E-state index >= 15 is 0 Å². The van der Waals surface area contributed by atoms with Gasteiger partial charge in [-0.25, -0.2) is 0 Å². The van der Waals surface area contributed by atoms with Crippen LogP contribution in [0.15, 0.2) is 24.3 Å². The summed E-state index contributed by atoms with van der Waals surface area (Å²) in [6.45, 7) is 0.585. The van der Waals surface area contributed by atoms with Crippen molar-refractivity contribution in [2.24, 2.45) is 11.3 Å². The van der Waals surface area contributed by atoms with Crippen molar-refractivity contribution in [1.82, 2.24) is 4.90 Å². The van der Waals surface area contributed by atoms with Crippen molar-refractivity contribution >= 4 is 23.3 Å². The molecule has 1 saturated heterocycles. The van der Waals surface area contributed by atoms with Crippen molar-refractivity contribution < 1.29 is 19.6 Å². The van der Waals surface area contributed by atoms with Gasteiger partial charge >= 0.3 is 5.97 Å². The van der Waals surface area contributed by atoms with Gasteiger partial charge in [-0.05, 0) is 24.8 Å². The molecule has 0 unspecified atom stereocenters. The fourth-order valence-corrected chi connectivity index (χ4v) is 3.89. The first kappa shape index (κ1) is 16.2. The van der Waals surface area contributed by atoms with Gasteiger partial charge in [0.25, 0.3) is 5.69 Å². The predicted molar refractivity (Wildman–Crippen MR) is 85.6 cm³/mol. The molecule has 1 aliphatic heterocycles. The zero-order chi connectivity index (χ0) is 17.3. The van der Waals surface area contributed by atoms with Crippen LogP contribution in [0.25, 0.3) is 0 Å². The van der Waals surface area contributed by atoms with Gasteiger partial charge in [-0.2, -0.15) is 0 Å². The van der Waals surface area contributed by atoms with Gasteiger partial charge in [0.15, 0.2) is 0 Å². The zero-order valence-corrected chi connectivity index (χ0v) is 13.1. The van der Waals surface area contributed by atoms with Crippen LogP contribution in [0.4, 0.5) is 11.4 Å². The molecule has 1 heterocycles. The molecule has 24 heavy (non-hydrogen) atoms. The Labute approximate surface area is 138 Å². The van der Waals surface area contributed by atoms with Gasteiger partial charge in [-0.1, -0.05) is 18.6 Å². The van der Waals surface area contributed by atoms with Crippen LogP contribution in [0.5, 0.6) is 0 Å². The lowest BCUT2D eigenvalue weighted by Gasteiger charge is -2.23. The highest BCUT2D eigenvalue weighted by Crippen LogP contribution is 2.48. The van der Waals surface area contributed by atoms with Crippen LogP contribution >= 0.6 is 0 Å². The number of carbonyl (C=O) groups excluding carboxylic acids is 1. The lowest BCUT2D eigenvalue weighted by Crippen LogP contribution is -2.39. The molecule has 2 N–H and O–H groups in total. The van der Waals surface area contributed by atoms with Crippen molar-refractivity contribution in [2.45, 2.75) is 19.3 Å². The Morgan fingerprint density at radius 1 is 1.42 bits per heavy atom. The van der Waals surface area contributed by atoms with E-state index in [0.29, 0.717) is 13.0 Å². The number of nitrogens with one attached hydrogen (secondary N) is 1. The molecule has 2 fully saturated rings. The molecule has 8 nitrogen and oxygen atoms in total. The van der Waals surface area contributed by atoms with E-state index in [2.05, 4.69) is 5.32 Å². The summed E-state index contributed by atoms with van der Waals surface area (Å²) in [6.07, 6.45) is 2.31. The smallest absolute Gasteiger partial charge is 0.311 e. The average Bonchev–Trinajstić information content (AvgIpc) is 3.11. The topological polar surface area (TPSA) is 113 Å². The van der Waals surface area contributed by atoms with Crippen molar-refractivity contribution in [3.8, 4) is 0 Å². The number of nitrogens with zero attached hydrogens (tertiary/aromatic N) is 2. The van der Waals surface area contributed by atoms with E-state index in [1.165, 1.54) is 6.07 Å². The van der Waals surface area contributed by atoms with Crippen molar-refractivity contribution in [2.75, 3.05) is 25.0 Å². The summed E-state index contributed by atoms with van der Waals surface area (Å²) < 4.78 is 0. The molecular formula is C16H19N3O5. The zero-order valence-electron chi connectivity index (χ0n) is 13.1. The Bertz CT molecular complexity index is 692. The molecule has 1 aromatic rings. The Kier molecular flexibility index (Phi) is 4.13. The number of nitro benzene ring substituents is 1. The molecule has 1 aliphatic carbocycles. The molecule has 1 amide bonds. The van der Waals surface area contributed by atoms with Crippen LogP contribution in [0.1, 0.15) is 19.3 Å². The Morgan fingerprint density at radius 3 is 2.83 bits per heavy atom. The van der Waals surface area contributed by atoms with Crippen LogP contribution in [0.3, 0.4) is 0 Å². The van der Waals surface area contributed by atoms with E-state index in [0.717, 1.165) is 12.8 Å². The third-order valence-electron chi connectivity index (χ3n) is 5.18. The normalized spacial score (nSPS) is 25.3. The van der Waals surface area contributed by atoms with Gasteiger partial charge in [0, 0.05) is 19.2 Å². The Balaban J connectivity index is 1.65. The first-order valence-corrected chi connectivity index (χ1v) is 7.92. The Hall–Kier alpha value is -2.64. The quantitative estimate of drug-likeness (QED) is 0.626. The first-order chi connectivity index (χ1) is 11.4. The number of likely N-dealkylation sites (tertiary alicyclic amines) is 1. The van der Waals surface area contributed by atoms with Gasteiger partial charge in [-0.3, -0.25) is 19.7 Å². The molecule has 2 aliphatic rings. The fourth-order valence-electron chi connectivity index (χ4n) is 3.89.